The third-order valence-electron chi connectivity index (χ3n) is 5.79. The first-order valence-electron chi connectivity index (χ1n) is 11.3. The molecule has 4 rings (SSSR count). The summed E-state index contributed by atoms with van der Waals surface area (Å²) in [7, 11) is 0. The SMILES string of the molecule is O=C(NC(Cc1ccccc1)C(=O)NCCCN1CCOCC1)c1cc2cc(Cl)ccc2[nH]1. The van der Waals surface area contributed by atoms with Crippen LogP contribution in [-0.4, -0.2) is 67.1 Å². The number of hydrogen-bond acceptors (Lipinski definition) is 4. The zero-order valence-electron chi connectivity index (χ0n) is 18.5. The lowest BCUT2D eigenvalue weighted by Crippen LogP contribution is -2.48. The van der Waals surface area contributed by atoms with Gasteiger partial charge in [0.1, 0.15) is 11.7 Å². The molecule has 1 saturated heterocycles. The minimum absolute atomic E-state index is 0.187. The average molecular weight is 469 g/mol. The molecule has 0 aliphatic carbocycles. The van der Waals surface area contributed by atoms with E-state index >= 15 is 0 Å². The van der Waals surface area contributed by atoms with Gasteiger partial charge in [-0.05, 0) is 42.8 Å². The molecular formula is C25H29ClN4O3. The fraction of sp³-hybridized carbons (Fsp3) is 0.360. The Bertz CT molecular complexity index is 1080. The molecule has 2 aromatic carbocycles. The van der Waals surface area contributed by atoms with E-state index in [0.717, 1.165) is 55.7 Å². The maximum absolute atomic E-state index is 13.0. The highest BCUT2D eigenvalue weighted by Crippen LogP contribution is 2.20. The third kappa shape index (κ3) is 6.57. The minimum atomic E-state index is -0.682. The number of nitrogens with zero attached hydrogens (tertiary/aromatic N) is 1. The van der Waals surface area contributed by atoms with E-state index in [1.54, 1.807) is 18.2 Å². The number of rotatable bonds is 9. The minimum Gasteiger partial charge on any atom is -0.379 e. The van der Waals surface area contributed by atoms with Gasteiger partial charge in [0.25, 0.3) is 5.91 Å². The second-order valence-electron chi connectivity index (χ2n) is 8.23. The summed E-state index contributed by atoms with van der Waals surface area (Å²) in [6.07, 6.45) is 1.26. The number of morpholine rings is 1. The molecule has 2 amide bonds. The fourth-order valence-corrected chi connectivity index (χ4v) is 4.16. The van der Waals surface area contributed by atoms with Gasteiger partial charge in [-0.15, -0.1) is 0 Å². The van der Waals surface area contributed by atoms with Crippen molar-refractivity contribution in [1.82, 2.24) is 20.5 Å². The van der Waals surface area contributed by atoms with Crippen molar-refractivity contribution < 1.29 is 14.3 Å². The van der Waals surface area contributed by atoms with Crippen LogP contribution in [0.15, 0.2) is 54.6 Å². The number of hydrogen-bond donors (Lipinski definition) is 3. The number of carbonyl (C=O) groups is 2. The molecule has 1 aliphatic rings. The molecule has 1 aromatic heterocycles. The van der Waals surface area contributed by atoms with Crippen molar-refractivity contribution in [1.29, 1.82) is 0 Å². The Morgan fingerprint density at radius 3 is 2.67 bits per heavy atom. The first kappa shape index (κ1) is 23.3. The topological polar surface area (TPSA) is 86.5 Å². The molecular weight excluding hydrogens is 440 g/mol. The van der Waals surface area contributed by atoms with Crippen LogP contribution >= 0.6 is 11.6 Å². The zero-order valence-corrected chi connectivity index (χ0v) is 19.2. The summed E-state index contributed by atoms with van der Waals surface area (Å²) in [5.74, 6) is -0.514. The van der Waals surface area contributed by atoms with Crippen molar-refractivity contribution in [3.8, 4) is 0 Å². The van der Waals surface area contributed by atoms with E-state index in [1.165, 1.54) is 0 Å². The summed E-state index contributed by atoms with van der Waals surface area (Å²) in [6.45, 7) is 4.85. The van der Waals surface area contributed by atoms with Crippen LogP contribution < -0.4 is 10.6 Å². The molecule has 0 saturated carbocycles. The average Bonchev–Trinajstić information content (AvgIpc) is 3.26. The molecule has 33 heavy (non-hydrogen) atoms. The molecule has 2 heterocycles. The molecule has 3 N–H and O–H groups in total. The number of halogens is 1. The van der Waals surface area contributed by atoms with Crippen LogP contribution in [-0.2, 0) is 16.0 Å². The summed E-state index contributed by atoms with van der Waals surface area (Å²) in [6, 6.07) is 16.2. The first-order valence-corrected chi connectivity index (χ1v) is 11.7. The van der Waals surface area contributed by atoms with Crippen molar-refractivity contribution in [2.24, 2.45) is 0 Å². The molecule has 0 bridgehead atoms. The quantitative estimate of drug-likeness (QED) is 0.421. The highest BCUT2D eigenvalue weighted by Gasteiger charge is 2.23. The predicted octanol–water partition coefficient (Wildman–Crippen LogP) is 3.00. The third-order valence-corrected chi connectivity index (χ3v) is 6.02. The second kappa shape index (κ2) is 11.3. The van der Waals surface area contributed by atoms with E-state index < -0.39 is 6.04 Å². The van der Waals surface area contributed by atoms with Crippen LogP contribution in [0.3, 0.4) is 0 Å². The van der Waals surface area contributed by atoms with Gasteiger partial charge in [0.05, 0.1) is 13.2 Å². The van der Waals surface area contributed by atoms with Gasteiger partial charge in [-0.2, -0.15) is 0 Å². The molecule has 0 spiro atoms. The predicted molar refractivity (Wildman–Crippen MR) is 130 cm³/mol. The maximum atomic E-state index is 13.0. The van der Waals surface area contributed by atoms with E-state index in [4.69, 9.17) is 16.3 Å². The molecule has 1 unspecified atom stereocenters. The largest absolute Gasteiger partial charge is 0.379 e. The number of carbonyl (C=O) groups excluding carboxylic acids is 2. The number of H-pyrrole nitrogens is 1. The molecule has 0 radical (unpaired) electrons. The molecule has 7 nitrogen and oxygen atoms in total. The normalized spacial score (nSPS) is 15.3. The zero-order chi connectivity index (χ0) is 23.0. The number of fused-ring (bicyclic) bond motifs is 1. The van der Waals surface area contributed by atoms with E-state index in [0.29, 0.717) is 23.7 Å². The van der Waals surface area contributed by atoms with Gasteiger partial charge in [0.15, 0.2) is 0 Å². The van der Waals surface area contributed by atoms with Crippen LogP contribution in [0.2, 0.25) is 5.02 Å². The van der Waals surface area contributed by atoms with E-state index in [2.05, 4.69) is 20.5 Å². The number of ether oxygens (including phenoxy) is 1. The van der Waals surface area contributed by atoms with Gasteiger partial charge >= 0.3 is 0 Å². The number of aromatic nitrogens is 1. The van der Waals surface area contributed by atoms with Gasteiger partial charge in [0, 0.05) is 42.0 Å². The second-order valence-corrected chi connectivity index (χ2v) is 8.67. The molecule has 174 valence electrons. The fourth-order valence-electron chi connectivity index (χ4n) is 3.98. The molecule has 1 fully saturated rings. The van der Waals surface area contributed by atoms with Gasteiger partial charge in [-0.1, -0.05) is 41.9 Å². The van der Waals surface area contributed by atoms with Gasteiger partial charge < -0.3 is 20.4 Å². The van der Waals surface area contributed by atoms with Crippen molar-refractivity contribution in [2.45, 2.75) is 18.9 Å². The molecule has 1 atom stereocenters. The van der Waals surface area contributed by atoms with Crippen molar-refractivity contribution in [3.63, 3.8) is 0 Å². The Labute approximate surface area is 198 Å². The van der Waals surface area contributed by atoms with Crippen molar-refractivity contribution in [3.05, 3.63) is 70.9 Å². The maximum Gasteiger partial charge on any atom is 0.268 e. The Hall–Kier alpha value is -2.87. The van der Waals surface area contributed by atoms with Gasteiger partial charge in [-0.3, -0.25) is 14.5 Å². The molecule has 8 heteroatoms. The number of nitrogens with one attached hydrogen (secondary N) is 3. The summed E-state index contributed by atoms with van der Waals surface area (Å²) < 4.78 is 5.37. The van der Waals surface area contributed by atoms with Gasteiger partial charge in [-0.25, -0.2) is 0 Å². The Morgan fingerprint density at radius 1 is 1.09 bits per heavy atom. The smallest absolute Gasteiger partial charge is 0.268 e. The lowest BCUT2D eigenvalue weighted by atomic mass is 10.0. The summed E-state index contributed by atoms with van der Waals surface area (Å²) in [4.78, 5) is 31.4. The molecule has 3 aromatic rings. The van der Waals surface area contributed by atoms with Crippen LogP contribution in [0.5, 0.6) is 0 Å². The van der Waals surface area contributed by atoms with Crippen LogP contribution in [0.4, 0.5) is 0 Å². The highest BCUT2D eigenvalue weighted by atomic mass is 35.5. The number of benzene rings is 2. The standard InChI is InChI=1S/C25H29ClN4O3/c26-20-7-8-21-19(16-20)17-23(28-21)25(32)29-22(15-18-5-2-1-3-6-18)24(31)27-9-4-10-30-11-13-33-14-12-30/h1-3,5-8,16-17,22,28H,4,9-15H2,(H,27,31)(H,29,32). The van der Waals surface area contributed by atoms with Gasteiger partial charge in [0.2, 0.25) is 5.91 Å². The lowest BCUT2D eigenvalue weighted by Gasteiger charge is -2.26. The van der Waals surface area contributed by atoms with E-state index in [-0.39, 0.29) is 11.8 Å². The Balaban J connectivity index is 1.38. The van der Waals surface area contributed by atoms with Crippen LogP contribution in [0.1, 0.15) is 22.5 Å². The summed E-state index contributed by atoms with van der Waals surface area (Å²) in [5.41, 5.74) is 2.19. The summed E-state index contributed by atoms with van der Waals surface area (Å²) in [5, 5.41) is 7.35. The Kier molecular flexibility index (Phi) is 7.99. The molecule has 1 aliphatic heterocycles. The van der Waals surface area contributed by atoms with Crippen LogP contribution in [0, 0.1) is 0 Å². The highest BCUT2D eigenvalue weighted by molar-refractivity contribution is 6.31. The first-order chi connectivity index (χ1) is 16.1. The van der Waals surface area contributed by atoms with Crippen LogP contribution in [0.25, 0.3) is 10.9 Å². The monoisotopic (exact) mass is 468 g/mol. The van der Waals surface area contributed by atoms with Crippen molar-refractivity contribution in [2.75, 3.05) is 39.4 Å². The number of amides is 2. The van der Waals surface area contributed by atoms with E-state index in [9.17, 15) is 9.59 Å². The number of aromatic amines is 1. The summed E-state index contributed by atoms with van der Waals surface area (Å²) >= 11 is 6.06. The van der Waals surface area contributed by atoms with E-state index in [1.807, 2.05) is 36.4 Å². The van der Waals surface area contributed by atoms with Crippen molar-refractivity contribution >= 4 is 34.3 Å². The lowest BCUT2D eigenvalue weighted by molar-refractivity contribution is -0.123. The Morgan fingerprint density at radius 2 is 1.88 bits per heavy atom.